The summed E-state index contributed by atoms with van der Waals surface area (Å²) in [6.45, 7) is 2.24. The highest BCUT2D eigenvalue weighted by Gasteiger charge is 2.26. The Morgan fingerprint density at radius 3 is 2.67 bits per heavy atom. The van der Waals surface area contributed by atoms with Gasteiger partial charge in [-0.05, 0) is 31.9 Å². The van der Waals surface area contributed by atoms with E-state index in [1.165, 1.54) is 11.3 Å². The maximum absolute atomic E-state index is 12.3. The minimum atomic E-state index is -0.211. The molecule has 1 heterocycles. The number of rotatable bonds is 6. The van der Waals surface area contributed by atoms with E-state index in [9.17, 15) is 9.59 Å². The molecule has 1 fully saturated rings. The van der Waals surface area contributed by atoms with Gasteiger partial charge in [-0.25, -0.2) is 0 Å². The third-order valence-electron chi connectivity index (χ3n) is 3.79. The lowest BCUT2D eigenvalue weighted by atomic mass is 10.2. The van der Waals surface area contributed by atoms with Crippen LogP contribution in [-0.2, 0) is 4.79 Å². The Labute approximate surface area is 129 Å². The van der Waals surface area contributed by atoms with E-state index in [1.54, 1.807) is 11.0 Å². The molecule has 0 aromatic carbocycles. The fourth-order valence-corrected chi connectivity index (χ4v) is 3.52. The van der Waals surface area contributed by atoms with Crippen molar-refractivity contribution in [3.8, 4) is 0 Å². The molecule has 2 amide bonds. The highest BCUT2D eigenvalue weighted by molar-refractivity contribution is 7.13. The summed E-state index contributed by atoms with van der Waals surface area (Å²) < 4.78 is 0. The summed E-state index contributed by atoms with van der Waals surface area (Å²) in [5.74, 6) is -0.325. The lowest BCUT2D eigenvalue weighted by molar-refractivity contribution is -0.132. The van der Waals surface area contributed by atoms with Crippen LogP contribution in [0.15, 0.2) is 12.1 Å². The molecule has 2 N–H and O–H groups in total. The van der Waals surface area contributed by atoms with Crippen LogP contribution in [0.4, 0.5) is 0 Å². The zero-order valence-electron chi connectivity index (χ0n) is 12.3. The summed E-state index contributed by atoms with van der Waals surface area (Å²) in [6.07, 6.45) is 4.23. The van der Waals surface area contributed by atoms with E-state index in [1.807, 2.05) is 13.0 Å². The van der Waals surface area contributed by atoms with Crippen molar-refractivity contribution in [2.24, 2.45) is 0 Å². The molecule has 2 rings (SSSR count). The number of carbonyl (C=O) groups excluding carboxylic acids is 2. The van der Waals surface area contributed by atoms with Crippen molar-refractivity contribution in [3.05, 3.63) is 21.9 Å². The Bertz CT molecular complexity index is 495. The smallest absolute Gasteiger partial charge is 0.261 e. The predicted molar refractivity (Wildman–Crippen MR) is 82.4 cm³/mol. The largest absolute Gasteiger partial charge is 0.395 e. The molecule has 1 aliphatic carbocycles. The van der Waals surface area contributed by atoms with E-state index < -0.39 is 0 Å². The molecule has 116 valence electrons. The van der Waals surface area contributed by atoms with Crippen LogP contribution < -0.4 is 5.32 Å². The Balaban J connectivity index is 1.88. The molecule has 5 nitrogen and oxygen atoms in total. The van der Waals surface area contributed by atoms with Crippen LogP contribution in [0.25, 0.3) is 0 Å². The minimum Gasteiger partial charge on any atom is -0.395 e. The lowest BCUT2D eigenvalue weighted by Gasteiger charge is -2.28. The molecular weight excluding hydrogens is 288 g/mol. The van der Waals surface area contributed by atoms with Gasteiger partial charge in [-0.1, -0.05) is 12.8 Å². The van der Waals surface area contributed by atoms with Crippen molar-refractivity contribution >= 4 is 23.2 Å². The quantitative estimate of drug-likeness (QED) is 0.837. The third kappa shape index (κ3) is 4.28. The highest BCUT2D eigenvalue weighted by Crippen LogP contribution is 2.23. The fraction of sp³-hybridized carbons (Fsp3) is 0.600. The maximum atomic E-state index is 12.3. The summed E-state index contributed by atoms with van der Waals surface area (Å²) in [5.41, 5.74) is 0. The Morgan fingerprint density at radius 2 is 2.10 bits per heavy atom. The zero-order chi connectivity index (χ0) is 15.2. The van der Waals surface area contributed by atoms with Gasteiger partial charge in [0.05, 0.1) is 18.0 Å². The molecule has 0 spiro atoms. The van der Waals surface area contributed by atoms with Gasteiger partial charge in [-0.15, -0.1) is 11.3 Å². The molecule has 0 bridgehead atoms. The summed E-state index contributed by atoms with van der Waals surface area (Å²) in [4.78, 5) is 27.6. The van der Waals surface area contributed by atoms with E-state index in [4.69, 9.17) is 5.11 Å². The number of hydrogen-bond acceptors (Lipinski definition) is 4. The number of aryl methyl sites for hydroxylation is 1. The second-order valence-corrected chi connectivity index (χ2v) is 6.63. The molecule has 1 aromatic rings. The van der Waals surface area contributed by atoms with E-state index in [2.05, 4.69) is 5.32 Å². The molecule has 0 saturated heterocycles. The van der Waals surface area contributed by atoms with Gasteiger partial charge < -0.3 is 15.3 Å². The van der Waals surface area contributed by atoms with Crippen molar-refractivity contribution in [1.29, 1.82) is 0 Å². The van der Waals surface area contributed by atoms with Gasteiger partial charge in [0.1, 0.15) is 0 Å². The monoisotopic (exact) mass is 310 g/mol. The number of aliphatic hydroxyl groups excluding tert-OH is 1. The van der Waals surface area contributed by atoms with Crippen LogP contribution in [0.1, 0.15) is 40.2 Å². The first kappa shape index (κ1) is 16.0. The van der Waals surface area contributed by atoms with Gasteiger partial charge in [0.25, 0.3) is 5.91 Å². The molecular formula is C15H22N2O3S. The first-order valence-corrected chi connectivity index (χ1v) is 8.18. The van der Waals surface area contributed by atoms with E-state index in [-0.39, 0.29) is 31.0 Å². The number of hydrogen-bond donors (Lipinski definition) is 2. The third-order valence-corrected chi connectivity index (χ3v) is 4.79. The summed E-state index contributed by atoms with van der Waals surface area (Å²) in [7, 11) is 0. The van der Waals surface area contributed by atoms with E-state index in [0.29, 0.717) is 11.4 Å². The van der Waals surface area contributed by atoms with Crippen molar-refractivity contribution in [1.82, 2.24) is 10.2 Å². The van der Waals surface area contributed by atoms with Crippen molar-refractivity contribution in [2.75, 3.05) is 19.7 Å². The molecule has 21 heavy (non-hydrogen) atoms. The number of thiophene rings is 1. The van der Waals surface area contributed by atoms with Crippen LogP contribution in [0.2, 0.25) is 0 Å². The van der Waals surface area contributed by atoms with Crippen LogP contribution in [0.3, 0.4) is 0 Å². The average Bonchev–Trinajstić information content (AvgIpc) is 3.13. The van der Waals surface area contributed by atoms with Crippen LogP contribution in [0.5, 0.6) is 0 Å². The number of nitrogens with zero attached hydrogens (tertiary/aromatic N) is 1. The first-order chi connectivity index (χ1) is 10.1. The number of amides is 2. The Morgan fingerprint density at radius 1 is 1.38 bits per heavy atom. The number of carbonyl (C=O) groups is 2. The second kappa shape index (κ2) is 7.56. The van der Waals surface area contributed by atoms with Crippen molar-refractivity contribution in [3.63, 3.8) is 0 Å². The molecule has 1 saturated carbocycles. The van der Waals surface area contributed by atoms with Gasteiger partial charge in [0, 0.05) is 17.5 Å². The molecule has 0 unspecified atom stereocenters. The van der Waals surface area contributed by atoms with Gasteiger partial charge in [-0.3, -0.25) is 9.59 Å². The number of nitrogens with one attached hydrogen (secondary N) is 1. The zero-order valence-corrected chi connectivity index (χ0v) is 13.1. The summed E-state index contributed by atoms with van der Waals surface area (Å²) in [5, 5.41) is 11.8. The minimum absolute atomic E-state index is 0.00766. The molecule has 1 aliphatic rings. The van der Waals surface area contributed by atoms with E-state index in [0.717, 1.165) is 30.6 Å². The van der Waals surface area contributed by atoms with Crippen molar-refractivity contribution < 1.29 is 14.7 Å². The molecule has 1 aromatic heterocycles. The Kier molecular flexibility index (Phi) is 5.76. The standard InChI is InChI=1S/C15H22N2O3S/c1-11-6-7-13(21-11)15(20)16-10-14(19)17(8-9-18)12-4-2-3-5-12/h6-7,12,18H,2-5,8-10H2,1H3,(H,16,20). The highest BCUT2D eigenvalue weighted by atomic mass is 32.1. The van der Waals surface area contributed by atoms with Gasteiger partial charge in [0.15, 0.2) is 0 Å². The topological polar surface area (TPSA) is 69.6 Å². The maximum Gasteiger partial charge on any atom is 0.261 e. The summed E-state index contributed by atoms with van der Waals surface area (Å²) >= 11 is 1.41. The Hall–Kier alpha value is -1.40. The molecule has 0 radical (unpaired) electrons. The average molecular weight is 310 g/mol. The molecule has 0 aliphatic heterocycles. The van der Waals surface area contributed by atoms with Gasteiger partial charge in [0.2, 0.25) is 5.91 Å². The van der Waals surface area contributed by atoms with Gasteiger partial charge >= 0.3 is 0 Å². The summed E-state index contributed by atoms with van der Waals surface area (Å²) in [6, 6.07) is 3.87. The lowest BCUT2D eigenvalue weighted by Crippen LogP contribution is -2.45. The fourth-order valence-electron chi connectivity index (χ4n) is 2.74. The van der Waals surface area contributed by atoms with Crippen LogP contribution in [0, 0.1) is 6.92 Å². The number of aliphatic hydroxyl groups is 1. The van der Waals surface area contributed by atoms with Crippen LogP contribution >= 0.6 is 11.3 Å². The molecule has 0 atom stereocenters. The second-order valence-electron chi connectivity index (χ2n) is 5.34. The van der Waals surface area contributed by atoms with Crippen molar-refractivity contribution in [2.45, 2.75) is 38.6 Å². The predicted octanol–water partition coefficient (Wildman–Crippen LogP) is 1.55. The van der Waals surface area contributed by atoms with E-state index >= 15 is 0 Å². The van der Waals surface area contributed by atoms with Crippen LogP contribution in [-0.4, -0.2) is 47.6 Å². The SMILES string of the molecule is Cc1ccc(C(=O)NCC(=O)N(CCO)C2CCCC2)s1. The van der Waals surface area contributed by atoms with Gasteiger partial charge in [-0.2, -0.15) is 0 Å². The first-order valence-electron chi connectivity index (χ1n) is 7.37. The normalized spacial score (nSPS) is 15.1. The molecule has 6 heteroatoms.